The molecule has 148 valence electrons. The molecular weight excluding hydrogens is 406 g/mol. The van der Waals surface area contributed by atoms with Gasteiger partial charge >= 0.3 is 0 Å². The molecule has 1 aromatic heterocycles. The molecule has 2 rings (SSSR count). The lowest BCUT2D eigenvalue weighted by Gasteiger charge is -2.15. The first kappa shape index (κ1) is 21.7. The van der Waals surface area contributed by atoms with Crippen LogP contribution in [0.2, 0.25) is 4.34 Å². The van der Waals surface area contributed by atoms with Gasteiger partial charge in [-0.1, -0.05) is 23.7 Å². The molecule has 0 fully saturated rings. The smallest absolute Gasteiger partial charge is 0.252 e. The second kappa shape index (κ2) is 9.54. The van der Waals surface area contributed by atoms with Crippen molar-refractivity contribution in [2.24, 2.45) is 0 Å². The summed E-state index contributed by atoms with van der Waals surface area (Å²) in [5.74, 6) is -0.327. The number of hydrogen-bond donors (Lipinski definition) is 1. The SMILES string of the molecule is CN(C)c1ccc(CCCNC(=O)CN(C)S(=O)(=O)c2ccc(Cl)s2)cc1. The Kier molecular flexibility index (Phi) is 7.67. The molecular formula is C18H24ClN3O3S2. The van der Waals surface area contributed by atoms with E-state index in [0.29, 0.717) is 10.9 Å². The number of carbonyl (C=O) groups is 1. The van der Waals surface area contributed by atoms with Crippen LogP contribution in [0.3, 0.4) is 0 Å². The molecule has 6 nitrogen and oxygen atoms in total. The third-order valence-corrected chi connectivity index (χ3v) is 7.50. The maximum atomic E-state index is 12.4. The number of halogens is 1. The molecule has 2 aromatic rings. The predicted molar refractivity (Wildman–Crippen MR) is 111 cm³/mol. The largest absolute Gasteiger partial charge is 0.378 e. The molecule has 0 unspecified atom stereocenters. The van der Waals surface area contributed by atoms with Crippen LogP contribution in [0.1, 0.15) is 12.0 Å². The fourth-order valence-electron chi connectivity index (χ4n) is 2.41. The Morgan fingerprint density at radius 3 is 2.33 bits per heavy atom. The molecule has 1 aromatic carbocycles. The first-order chi connectivity index (χ1) is 12.7. The number of nitrogens with one attached hydrogen (secondary N) is 1. The van der Waals surface area contributed by atoms with Crippen LogP contribution < -0.4 is 10.2 Å². The van der Waals surface area contributed by atoms with Gasteiger partial charge in [0.2, 0.25) is 5.91 Å². The fraction of sp³-hybridized carbons (Fsp3) is 0.389. The van der Waals surface area contributed by atoms with Gasteiger partial charge < -0.3 is 10.2 Å². The van der Waals surface area contributed by atoms with Crippen molar-refractivity contribution in [2.45, 2.75) is 17.1 Å². The van der Waals surface area contributed by atoms with E-state index in [1.165, 1.54) is 24.7 Å². The van der Waals surface area contributed by atoms with Gasteiger partial charge in [0.15, 0.2) is 0 Å². The van der Waals surface area contributed by atoms with Gasteiger partial charge in [0.25, 0.3) is 10.0 Å². The first-order valence-corrected chi connectivity index (χ1v) is 11.1. The summed E-state index contributed by atoms with van der Waals surface area (Å²) >= 11 is 6.76. The third kappa shape index (κ3) is 6.21. The quantitative estimate of drug-likeness (QED) is 0.622. The second-order valence-corrected chi connectivity index (χ2v) is 10.3. The van der Waals surface area contributed by atoms with Gasteiger partial charge in [-0.25, -0.2) is 8.42 Å². The zero-order valence-electron chi connectivity index (χ0n) is 15.6. The summed E-state index contributed by atoms with van der Waals surface area (Å²) < 4.78 is 26.3. The van der Waals surface area contributed by atoms with Crippen LogP contribution in [0.4, 0.5) is 5.69 Å². The Morgan fingerprint density at radius 2 is 1.78 bits per heavy atom. The molecule has 0 saturated heterocycles. The number of carbonyl (C=O) groups excluding carboxylic acids is 1. The van der Waals surface area contributed by atoms with Crippen molar-refractivity contribution in [2.75, 3.05) is 39.1 Å². The number of rotatable bonds is 9. The summed E-state index contributed by atoms with van der Waals surface area (Å²) in [4.78, 5) is 14.1. The van der Waals surface area contributed by atoms with Crippen molar-refractivity contribution < 1.29 is 13.2 Å². The zero-order valence-corrected chi connectivity index (χ0v) is 18.0. The van der Waals surface area contributed by atoms with Gasteiger partial charge in [-0.15, -0.1) is 11.3 Å². The van der Waals surface area contributed by atoms with Crippen LogP contribution >= 0.6 is 22.9 Å². The van der Waals surface area contributed by atoms with E-state index in [4.69, 9.17) is 11.6 Å². The van der Waals surface area contributed by atoms with Crippen LogP contribution in [0.25, 0.3) is 0 Å². The molecule has 0 aliphatic carbocycles. The highest BCUT2D eigenvalue weighted by molar-refractivity contribution is 7.91. The number of aryl methyl sites for hydroxylation is 1. The molecule has 9 heteroatoms. The number of sulfonamides is 1. The topological polar surface area (TPSA) is 69.7 Å². The van der Waals surface area contributed by atoms with Crippen molar-refractivity contribution in [1.82, 2.24) is 9.62 Å². The Bertz CT molecular complexity index is 864. The molecule has 1 amide bonds. The van der Waals surface area contributed by atoms with Crippen LogP contribution in [-0.4, -0.2) is 52.9 Å². The standard InChI is InChI=1S/C18H24ClN3O3S2/c1-21(2)15-8-6-14(7-9-15)5-4-12-20-17(23)13-22(3)27(24,25)18-11-10-16(19)26-18/h6-11H,4-5,12-13H2,1-3H3,(H,20,23). The molecule has 0 aliphatic rings. The molecule has 0 radical (unpaired) electrons. The van der Waals surface area contributed by atoms with E-state index >= 15 is 0 Å². The highest BCUT2D eigenvalue weighted by Gasteiger charge is 2.24. The molecule has 27 heavy (non-hydrogen) atoms. The minimum absolute atomic E-state index is 0.129. The number of benzene rings is 1. The van der Waals surface area contributed by atoms with Crippen LogP contribution in [-0.2, 0) is 21.2 Å². The summed E-state index contributed by atoms with van der Waals surface area (Å²) in [5, 5.41) is 2.77. The average Bonchev–Trinajstić information content (AvgIpc) is 3.06. The van der Waals surface area contributed by atoms with Crippen LogP contribution in [0.15, 0.2) is 40.6 Å². The fourth-order valence-corrected chi connectivity index (χ4v) is 5.23. The van der Waals surface area contributed by atoms with E-state index in [1.807, 2.05) is 19.0 Å². The highest BCUT2D eigenvalue weighted by Crippen LogP contribution is 2.27. The Balaban J connectivity index is 1.75. The van der Waals surface area contributed by atoms with Gasteiger partial charge in [0.1, 0.15) is 4.21 Å². The molecule has 0 spiro atoms. The zero-order chi connectivity index (χ0) is 20.0. The van der Waals surface area contributed by atoms with Crippen LogP contribution in [0, 0.1) is 0 Å². The van der Waals surface area contributed by atoms with Crippen molar-refractivity contribution >= 4 is 44.6 Å². The van der Waals surface area contributed by atoms with E-state index in [1.54, 1.807) is 0 Å². The molecule has 0 atom stereocenters. The lowest BCUT2D eigenvalue weighted by molar-refractivity contribution is -0.121. The number of likely N-dealkylation sites (N-methyl/N-ethyl adjacent to an activating group) is 1. The van der Waals surface area contributed by atoms with Gasteiger partial charge in [0, 0.05) is 33.4 Å². The van der Waals surface area contributed by atoms with Gasteiger partial charge in [0.05, 0.1) is 10.9 Å². The summed E-state index contributed by atoms with van der Waals surface area (Å²) in [7, 11) is 1.68. The van der Waals surface area contributed by atoms with E-state index in [0.717, 1.165) is 34.2 Å². The minimum atomic E-state index is -3.70. The molecule has 0 aliphatic heterocycles. The number of hydrogen-bond acceptors (Lipinski definition) is 5. The highest BCUT2D eigenvalue weighted by atomic mass is 35.5. The van der Waals surface area contributed by atoms with Gasteiger partial charge in [-0.3, -0.25) is 4.79 Å². The Hall–Kier alpha value is -1.61. The minimum Gasteiger partial charge on any atom is -0.378 e. The third-order valence-electron chi connectivity index (χ3n) is 4.00. The molecule has 0 saturated carbocycles. The lowest BCUT2D eigenvalue weighted by atomic mass is 10.1. The summed E-state index contributed by atoms with van der Waals surface area (Å²) in [6.45, 7) is 0.266. The van der Waals surface area contributed by atoms with Crippen molar-refractivity contribution in [3.63, 3.8) is 0 Å². The van der Waals surface area contributed by atoms with E-state index in [-0.39, 0.29) is 16.7 Å². The number of nitrogens with zero attached hydrogens (tertiary/aromatic N) is 2. The van der Waals surface area contributed by atoms with E-state index < -0.39 is 10.0 Å². The maximum absolute atomic E-state index is 12.4. The molecule has 1 heterocycles. The predicted octanol–water partition coefficient (Wildman–Crippen LogP) is 2.84. The van der Waals surface area contributed by atoms with Crippen molar-refractivity contribution in [3.05, 3.63) is 46.3 Å². The molecule has 0 bridgehead atoms. The Labute approximate surface area is 169 Å². The lowest BCUT2D eigenvalue weighted by Crippen LogP contribution is -2.38. The van der Waals surface area contributed by atoms with Gasteiger partial charge in [-0.2, -0.15) is 4.31 Å². The van der Waals surface area contributed by atoms with Crippen molar-refractivity contribution in [1.29, 1.82) is 0 Å². The first-order valence-electron chi connectivity index (χ1n) is 8.45. The van der Waals surface area contributed by atoms with Gasteiger partial charge in [-0.05, 0) is 42.7 Å². The van der Waals surface area contributed by atoms with E-state index in [2.05, 4.69) is 29.6 Å². The van der Waals surface area contributed by atoms with Crippen molar-refractivity contribution in [3.8, 4) is 0 Å². The normalized spacial score (nSPS) is 11.6. The molecule has 1 N–H and O–H groups in total. The Morgan fingerprint density at radius 1 is 1.11 bits per heavy atom. The number of anilines is 1. The average molecular weight is 430 g/mol. The monoisotopic (exact) mass is 429 g/mol. The van der Waals surface area contributed by atoms with Crippen LogP contribution in [0.5, 0.6) is 0 Å². The summed E-state index contributed by atoms with van der Waals surface area (Å²) in [6.07, 6.45) is 1.62. The summed E-state index contributed by atoms with van der Waals surface area (Å²) in [5.41, 5.74) is 2.34. The second-order valence-electron chi connectivity index (χ2n) is 6.33. The maximum Gasteiger partial charge on any atom is 0.252 e. The number of amides is 1. The number of thiophene rings is 1. The van der Waals surface area contributed by atoms with E-state index in [9.17, 15) is 13.2 Å². The summed E-state index contributed by atoms with van der Waals surface area (Å²) in [6, 6.07) is 11.2.